The Bertz CT molecular complexity index is 710. The van der Waals surface area contributed by atoms with Crippen molar-refractivity contribution in [3.8, 4) is 11.3 Å². The summed E-state index contributed by atoms with van der Waals surface area (Å²) in [5, 5.41) is 7.22. The van der Waals surface area contributed by atoms with Crippen LogP contribution in [0.25, 0.3) is 11.3 Å². The summed E-state index contributed by atoms with van der Waals surface area (Å²) in [6.45, 7) is 8.48. The van der Waals surface area contributed by atoms with Gasteiger partial charge in [0, 0.05) is 50.4 Å². The number of piperazine rings is 1. The highest BCUT2D eigenvalue weighted by Gasteiger charge is 2.26. The number of ether oxygens (including phenoxy) is 1. The molecule has 1 aliphatic heterocycles. The molecule has 8 heteroatoms. The molecule has 24 heavy (non-hydrogen) atoms. The maximum absolute atomic E-state index is 12.1. The number of nitrogens with zero attached hydrogens (tertiary/aromatic N) is 5. The van der Waals surface area contributed by atoms with Gasteiger partial charge < -0.3 is 14.5 Å². The number of aromatic nitrogens is 3. The van der Waals surface area contributed by atoms with Gasteiger partial charge in [0.1, 0.15) is 5.60 Å². The molecule has 3 rings (SSSR count). The van der Waals surface area contributed by atoms with Gasteiger partial charge in [-0.15, -0.1) is 11.3 Å². The number of amides is 1. The Hall–Kier alpha value is -2.09. The van der Waals surface area contributed by atoms with Crippen LogP contribution in [0.2, 0.25) is 0 Å². The van der Waals surface area contributed by atoms with Crippen molar-refractivity contribution < 1.29 is 9.53 Å². The molecule has 0 radical (unpaired) electrons. The number of hydrogen-bond donors (Lipinski definition) is 0. The van der Waals surface area contributed by atoms with E-state index < -0.39 is 5.60 Å². The zero-order valence-corrected chi connectivity index (χ0v) is 15.3. The van der Waals surface area contributed by atoms with Crippen LogP contribution in [0, 0.1) is 0 Å². The molecule has 130 valence electrons. The Balaban J connectivity index is 1.59. The maximum Gasteiger partial charge on any atom is 0.410 e. The van der Waals surface area contributed by atoms with Crippen molar-refractivity contribution in [2.75, 3.05) is 31.1 Å². The molecule has 0 bridgehead atoms. The normalized spacial score (nSPS) is 15.7. The minimum Gasteiger partial charge on any atom is -0.444 e. The van der Waals surface area contributed by atoms with Crippen LogP contribution in [0.15, 0.2) is 17.8 Å². The molecule has 0 aromatic carbocycles. The predicted molar refractivity (Wildman–Crippen MR) is 94.3 cm³/mol. The van der Waals surface area contributed by atoms with Gasteiger partial charge in [-0.25, -0.2) is 9.78 Å². The van der Waals surface area contributed by atoms with E-state index in [0.717, 1.165) is 29.5 Å². The number of carbonyl (C=O) groups is 1. The van der Waals surface area contributed by atoms with Gasteiger partial charge in [-0.3, -0.25) is 4.68 Å². The molecule has 0 atom stereocenters. The zero-order valence-electron chi connectivity index (χ0n) is 14.5. The Kier molecular flexibility index (Phi) is 4.49. The fourth-order valence-electron chi connectivity index (χ4n) is 2.50. The van der Waals surface area contributed by atoms with Gasteiger partial charge in [-0.1, -0.05) is 0 Å². The first-order chi connectivity index (χ1) is 11.3. The summed E-state index contributed by atoms with van der Waals surface area (Å²) in [5.41, 5.74) is 1.51. The Morgan fingerprint density at radius 3 is 2.54 bits per heavy atom. The topological polar surface area (TPSA) is 63.5 Å². The van der Waals surface area contributed by atoms with Crippen LogP contribution in [-0.4, -0.2) is 57.5 Å². The van der Waals surface area contributed by atoms with Crippen molar-refractivity contribution in [1.29, 1.82) is 0 Å². The average Bonchev–Trinajstić information content (AvgIpc) is 3.14. The van der Waals surface area contributed by atoms with Gasteiger partial charge in [0.25, 0.3) is 0 Å². The summed E-state index contributed by atoms with van der Waals surface area (Å²) in [4.78, 5) is 20.8. The first kappa shape index (κ1) is 16.8. The third-order valence-corrected chi connectivity index (χ3v) is 4.60. The lowest BCUT2D eigenvalue weighted by molar-refractivity contribution is 0.0240. The quantitative estimate of drug-likeness (QED) is 0.834. The van der Waals surface area contributed by atoms with E-state index in [1.54, 1.807) is 20.9 Å². The number of hydrogen-bond acceptors (Lipinski definition) is 6. The molecule has 0 saturated carbocycles. The van der Waals surface area contributed by atoms with Gasteiger partial charge in [-0.2, -0.15) is 5.10 Å². The second-order valence-corrected chi connectivity index (χ2v) is 7.71. The Labute approximate surface area is 145 Å². The predicted octanol–water partition coefficient (Wildman–Crippen LogP) is 2.60. The van der Waals surface area contributed by atoms with E-state index in [2.05, 4.69) is 10.00 Å². The van der Waals surface area contributed by atoms with Crippen molar-refractivity contribution in [3.63, 3.8) is 0 Å². The Morgan fingerprint density at radius 2 is 1.96 bits per heavy atom. The molecule has 1 fully saturated rings. The summed E-state index contributed by atoms with van der Waals surface area (Å²) >= 11 is 1.62. The second kappa shape index (κ2) is 6.43. The molecule has 0 aliphatic carbocycles. The lowest BCUT2D eigenvalue weighted by Gasteiger charge is -2.35. The van der Waals surface area contributed by atoms with E-state index >= 15 is 0 Å². The standard InChI is InChI=1S/C16H23N5O2S/c1-16(2,3)23-15(22)21-7-5-20(6-8-21)14-18-13(11-24-14)12-9-17-19(4)10-12/h9-11H,5-8H2,1-4H3. The molecule has 2 aromatic heterocycles. The van der Waals surface area contributed by atoms with Crippen LogP contribution < -0.4 is 4.90 Å². The summed E-state index contributed by atoms with van der Waals surface area (Å²) in [6, 6.07) is 0. The van der Waals surface area contributed by atoms with Crippen LogP contribution in [0.4, 0.5) is 9.93 Å². The van der Waals surface area contributed by atoms with Gasteiger partial charge in [0.2, 0.25) is 0 Å². The number of anilines is 1. The van der Waals surface area contributed by atoms with E-state index in [1.165, 1.54) is 0 Å². The summed E-state index contributed by atoms with van der Waals surface area (Å²) < 4.78 is 7.20. The summed E-state index contributed by atoms with van der Waals surface area (Å²) in [6.07, 6.45) is 3.54. The number of rotatable bonds is 2. The minimum absolute atomic E-state index is 0.239. The monoisotopic (exact) mass is 349 g/mol. The molecule has 3 heterocycles. The fourth-order valence-corrected chi connectivity index (χ4v) is 3.39. The van der Waals surface area contributed by atoms with Crippen LogP contribution in [-0.2, 0) is 11.8 Å². The van der Waals surface area contributed by atoms with Gasteiger partial charge in [0.05, 0.1) is 11.9 Å². The number of carbonyl (C=O) groups excluding carboxylic acids is 1. The van der Waals surface area contributed by atoms with Crippen LogP contribution >= 0.6 is 11.3 Å². The van der Waals surface area contributed by atoms with E-state index in [0.29, 0.717) is 13.1 Å². The zero-order chi connectivity index (χ0) is 17.3. The highest BCUT2D eigenvalue weighted by Crippen LogP contribution is 2.28. The molecule has 0 spiro atoms. The van der Waals surface area contributed by atoms with Gasteiger partial charge >= 0.3 is 6.09 Å². The molecule has 7 nitrogen and oxygen atoms in total. The first-order valence-corrected chi connectivity index (χ1v) is 8.87. The van der Waals surface area contributed by atoms with Crippen molar-refractivity contribution in [1.82, 2.24) is 19.7 Å². The van der Waals surface area contributed by atoms with E-state index in [1.807, 2.05) is 45.6 Å². The van der Waals surface area contributed by atoms with Gasteiger partial charge in [0.15, 0.2) is 5.13 Å². The van der Waals surface area contributed by atoms with E-state index in [-0.39, 0.29) is 6.09 Å². The third-order valence-electron chi connectivity index (χ3n) is 3.69. The lowest BCUT2D eigenvalue weighted by atomic mass is 10.2. The average molecular weight is 349 g/mol. The summed E-state index contributed by atoms with van der Waals surface area (Å²) in [7, 11) is 1.90. The summed E-state index contributed by atoms with van der Waals surface area (Å²) in [5.74, 6) is 0. The second-order valence-electron chi connectivity index (χ2n) is 6.87. The molecular formula is C16H23N5O2S. The minimum atomic E-state index is -0.456. The van der Waals surface area contributed by atoms with E-state index in [9.17, 15) is 4.79 Å². The van der Waals surface area contributed by atoms with Crippen molar-refractivity contribution in [2.45, 2.75) is 26.4 Å². The molecule has 1 aliphatic rings. The number of aryl methyl sites for hydroxylation is 1. The highest BCUT2D eigenvalue weighted by atomic mass is 32.1. The molecule has 0 N–H and O–H groups in total. The smallest absolute Gasteiger partial charge is 0.410 e. The largest absolute Gasteiger partial charge is 0.444 e. The van der Waals surface area contributed by atoms with E-state index in [4.69, 9.17) is 9.72 Å². The van der Waals surface area contributed by atoms with Crippen LogP contribution in [0.1, 0.15) is 20.8 Å². The lowest BCUT2D eigenvalue weighted by Crippen LogP contribution is -2.50. The fraction of sp³-hybridized carbons (Fsp3) is 0.562. The molecule has 1 saturated heterocycles. The van der Waals surface area contributed by atoms with Crippen molar-refractivity contribution in [2.24, 2.45) is 7.05 Å². The number of thiazole rings is 1. The van der Waals surface area contributed by atoms with Crippen LogP contribution in [0.5, 0.6) is 0 Å². The highest BCUT2D eigenvalue weighted by molar-refractivity contribution is 7.14. The molecule has 2 aromatic rings. The molecule has 0 unspecified atom stereocenters. The SMILES string of the molecule is Cn1cc(-c2csc(N3CCN(C(=O)OC(C)(C)C)CC3)n2)cn1. The molecule has 1 amide bonds. The first-order valence-electron chi connectivity index (χ1n) is 7.99. The third kappa shape index (κ3) is 3.87. The molecular weight excluding hydrogens is 326 g/mol. The Morgan fingerprint density at radius 1 is 1.25 bits per heavy atom. The van der Waals surface area contributed by atoms with Crippen molar-refractivity contribution >= 4 is 22.6 Å². The van der Waals surface area contributed by atoms with Gasteiger partial charge in [-0.05, 0) is 20.8 Å². The maximum atomic E-state index is 12.1. The van der Waals surface area contributed by atoms with Crippen LogP contribution in [0.3, 0.4) is 0 Å². The van der Waals surface area contributed by atoms with Crippen molar-refractivity contribution in [3.05, 3.63) is 17.8 Å².